The molecule has 0 bridgehead atoms. The number of amides is 1. The van der Waals surface area contributed by atoms with Gasteiger partial charge in [-0.15, -0.1) is 13.2 Å². The van der Waals surface area contributed by atoms with E-state index in [4.69, 9.17) is 0 Å². The zero-order valence-corrected chi connectivity index (χ0v) is 15.1. The number of benzene rings is 2. The lowest BCUT2D eigenvalue weighted by Crippen LogP contribution is -2.27. The molecule has 0 radical (unpaired) electrons. The second-order valence-electron chi connectivity index (χ2n) is 5.73. The van der Waals surface area contributed by atoms with Gasteiger partial charge in [-0.3, -0.25) is 9.00 Å². The van der Waals surface area contributed by atoms with Crippen LogP contribution in [0.15, 0.2) is 48.5 Å². The summed E-state index contributed by atoms with van der Waals surface area (Å²) in [5.74, 6) is -0.363. The molecule has 0 spiro atoms. The molecule has 0 aromatic heterocycles. The van der Waals surface area contributed by atoms with Crippen LogP contribution < -0.4 is 4.74 Å². The lowest BCUT2D eigenvalue weighted by atomic mass is 10.1. The van der Waals surface area contributed by atoms with Crippen LogP contribution in [0.1, 0.15) is 21.5 Å². The molecular weight excluding hydrogens is 367 g/mol. The van der Waals surface area contributed by atoms with Gasteiger partial charge in [-0.25, -0.2) is 0 Å². The lowest BCUT2D eigenvalue weighted by molar-refractivity contribution is -0.275. The molecule has 2 aromatic rings. The second kappa shape index (κ2) is 8.35. The molecule has 0 fully saturated rings. The van der Waals surface area contributed by atoms with E-state index >= 15 is 0 Å². The van der Waals surface area contributed by atoms with Crippen molar-refractivity contribution in [1.82, 2.24) is 4.90 Å². The minimum Gasteiger partial charge on any atom is -0.405 e. The van der Waals surface area contributed by atoms with E-state index in [9.17, 15) is 22.2 Å². The van der Waals surface area contributed by atoms with Crippen molar-refractivity contribution in [1.29, 1.82) is 0 Å². The highest BCUT2D eigenvalue weighted by Gasteiger charge is 2.32. The average Bonchev–Trinajstić information content (AvgIpc) is 2.54. The monoisotopic (exact) mass is 385 g/mol. The van der Waals surface area contributed by atoms with E-state index in [2.05, 4.69) is 4.74 Å². The van der Waals surface area contributed by atoms with Crippen molar-refractivity contribution in [3.63, 3.8) is 0 Å². The van der Waals surface area contributed by atoms with Gasteiger partial charge in [-0.2, -0.15) is 0 Å². The average molecular weight is 385 g/mol. The maximum Gasteiger partial charge on any atom is 0.573 e. The first-order valence-corrected chi connectivity index (χ1v) is 9.36. The Hall–Kier alpha value is -2.35. The van der Waals surface area contributed by atoms with Crippen molar-refractivity contribution in [3.05, 3.63) is 65.2 Å². The van der Waals surface area contributed by atoms with Gasteiger partial charge in [-0.05, 0) is 23.8 Å². The fourth-order valence-electron chi connectivity index (χ4n) is 2.44. The molecule has 8 heteroatoms. The fraction of sp³-hybridized carbons (Fsp3) is 0.278. The van der Waals surface area contributed by atoms with Gasteiger partial charge in [-0.1, -0.05) is 30.3 Å². The highest BCUT2D eigenvalue weighted by molar-refractivity contribution is 7.83. The highest BCUT2D eigenvalue weighted by Crippen LogP contribution is 2.27. The predicted molar refractivity (Wildman–Crippen MR) is 93.1 cm³/mol. The summed E-state index contributed by atoms with van der Waals surface area (Å²) in [7, 11) is 0.456. The zero-order valence-electron chi connectivity index (χ0n) is 14.2. The lowest BCUT2D eigenvalue weighted by Gasteiger charge is -2.20. The van der Waals surface area contributed by atoms with Gasteiger partial charge >= 0.3 is 6.36 Å². The first kappa shape index (κ1) is 20.0. The zero-order chi connectivity index (χ0) is 19.3. The molecule has 0 saturated carbocycles. The molecule has 2 aromatic carbocycles. The molecule has 0 aliphatic rings. The smallest absolute Gasteiger partial charge is 0.405 e. The largest absolute Gasteiger partial charge is 0.573 e. The van der Waals surface area contributed by atoms with Crippen LogP contribution in [-0.4, -0.2) is 34.7 Å². The summed E-state index contributed by atoms with van der Waals surface area (Å²) in [6.45, 7) is -0.0466. The summed E-state index contributed by atoms with van der Waals surface area (Å²) in [4.78, 5) is 13.9. The maximum atomic E-state index is 12.6. The molecule has 0 heterocycles. The van der Waals surface area contributed by atoms with Crippen LogP contribution in [0.2, 0.25) is 0 Å². The number of rotatable bonds is 6. The van der Waals surface area contributed by atoms with Crippen LogP contribution in [0.5, 0.6) is 5.75 Å². The number of nitrogens with zero attached hydrogens (tertiary/aromatic N) is 1. The van der Waals surface area contributed by atoms with Crippen LogP contribution in [0.4, 0.5) is 13.2 Å². The minimum atomic E-state index is -4.80. The number of para-hydroxylation sites is 1. The normalized spacial score (nSPS) is 12.5. The first-order valence-electron chi connectivity index (χ1n) is 7.64. The highest BCUT2D eigenvalue weighted by atomic mass is 32.2. The van der Waals surface area contributed by atoms with Crippen molar-refractivity contribution < 1.29 is 26.9 Å². The Balaban J connectivity index is 2.16. The molecular formula is C18H18F3NO3S. The predicted octanol–water partition coefficient (Wildman–Crippen LogP) is 3.74. The summed E-state index contributed by atoms with van der Waals surface area (Å²) >= 11 is 0. The Morgan fingerprint density at radius 3 is 2.50 bits per heavy atom. The van der Waals surface area contributed by atoms with Crippen LogP contribution in [0.25, 0.3) is 0 Å². The fourth-order valence-corrected chi connectivity index (χ4v) is 3.08. The van der Waals surface area contributed by atoms with Crippen molar-refractivity contribution >= 4 is 16.7 Å². The summed E-state index contributed by atoms with van der Waals surface area (Å²) in [6.07, 6.45) is -3.24. The third kappa shape index (κ3) is 5.87. The maximum absolute atomic E-state index is 12.6. The van der Waals surface area contributed by atoms with E-state index in [1.54, 1.807) is 36.6 Å². The number of hydrogen-bond donors (Lipinski definition) is 0. The molecule has 0 N–H and O–H groups in total. The van der Waals surface area contributed by atoms with E-state index in [-0.39, 0.29) is 23.8 Å². The van der Waals surface area contributed by atoms with E-state index in [1.807, 2.05) is 0 Å². The van der Waals surface area contributed by atoms with Gasteiger partial charge in [0.2, 0.25) is 0 Å². The molecule has 26 heavy (non-hydrogen) atoms. The molecule has 0 saturated heterocycles. The van der Waals surface area contributed by atoms with E-state index in [0.29, 0.717) is 11.3 Å². The Bertz CT molecular complexity index is 808. The topological polar surface area (TPSA) is 46.6 Å². The summed E-state index contributed by atoms with van der Waals surface area (Å²) < 4.78 is 52.9. The van der Waals surface area contributed by atoms with Crippen molar-refractivity contribution in [2.45, 2.75) is 18.7 Å². The van der Waals surface area contributed by atoms with Crippen LogP contribution >= 0.6 is 0 Å². The Labute approximate surface area is 152 Å². The van der Waals surface area contributed by atoms with Crippen LogP contribution in [0, 0.1) is 0 Å². The van der Waals surface area contributed by atoms with Crippen LogP contribution in [-0.2, 0) is 23.1 Å². The summed E-state index contributed by atoms with van der Waals surface area (Å²) in [6, 6.07) is 12.4. The quantitative estimate of drug-likeness (QED) is 0.761. The van der Waals surface area contributed by atoms with Gasteiger partial charge in [0, 0.05) is 47.5 Å². The van der Waals surface area contributed by atoms with Gasteiger partial charge in [0.05, 0.1) is 0 Å². The SMILES string of the molecule is CN(Cc1ccccc1OC(F)(F)F)C(=O)c1cccc(CS(C)=O)c1. The van der Waals surface area contributed by atoms with E-state index in [0.717, 1.165) is 5.56 Å². The van der Waals surface area contributed by atoms with Gasteiger partial charge in [0.1, 0.15) is 5.75 Å². The third-order valence-electron chi connectivity index (χ3n) is 3.50. The summed E-state index contributed by atoms with van der Waals surface area (Å²) in [5, 5.41) is 0. The number of halogens is 3. The molecule has 2 rings (SSSR count). The molecule has 0 aliphatic heterocycles. The van der Waals surface area contributed by atoms with E-state index < -0.39 is 17.2 Å². The molecule has 1 atom stereocenters. The standard InChI is InChI=1S/C18H18F3NO3S/c1-22(11-15-7-3-4-9-16(15)25-18(19,20)21)17(23)14-8-5-6-13(10-14)12-26(2)24/h3-10H,11-12H2,1-2H3. The Kier molecular flexibility index (Phi) is 6.42. The van der Waals surface area contributed by atoms with Crippen molar-refractivity contribution in [2.75, 3.05) is 13.3 Å². The molecule has 1 unspecified atom stereocenters. The van der Waals surface area contributed by atoms with Crippen molar-refractivity contribution in [2.24, 2.45) is 0 Å². The van der Waals surface area contributed by atoms with Gasteiger partial charge in [0.15, 0.2) is 0 Å². The Morgan fingerprint density at radius 2 is 1.85 bits per heavy atom. The first-order chi connectivity index (χ1) is 12.2. The van der Waals surface area contributed by atoms with Crippen LogP contribution in [0.3, 0.4) is 0 Å². The van der Waals surface area contributed by atoms with Crippen molar-refractivity contribution in [3.8, 4) is 5.75 Å². The summed E-state index contributed by atoms with van der Waals surface area (Å²) in [5.41, 5.74) is 1.38. The number of carbonyl (C=O) groups excluding carboxylic acids is 1. The number of carbonyl (C=O) groups is 1. The molecule has 1 amide bonds. The second-order valence-corrected chi connectivity index (χ2v) is 7.17. The number of alkyl halides is 3. The Morgan fingerprint density at radius 1 is 1.15 bits per heavy atom. The minimum absolute atomic E-state index is 0.0466. The third-order valence-corrected chi connectivity index (χ3v) is 4.24. The molecule has 4 nitrogen and oxygen atoms in total. The number of ether oxygens (including phenoxy) is 1. The molecule has 0 aliphatic carbocycles. The van der Waals surface area contributed by atoms with E-state index in [1.165, 1.54) is 30.1 Å². The number of hydrogen-bond acceptors (Lipinski definition) is 3. The van der Waals surface area contributed by atoms with Gasteiger partial charge in [0.25, 0.3) is 5.91 Å². The van der Waals surface area contributed by atoms with Gasteiger partial charge < -0.3 is 9.64 Å². The molecule has 140 valence electrons.